The maximum atomic E-state index is 11.5. The molecule has 0 aliphatic carbocycles. The highest BCUT2D eigenvalue weighted by molar-refractivity contribution is 9.10. The Balaban J connectivity index is 3.17. The molecular weight excluding hydrogens is 268 g/mol. The zero-order valence-corrected chi connectivity index (χ0v) is 9.56. The Morgan fingerprint density at radius 2 is 2.33 bits per heavy atom. The van der Waals surface area contributed by atoms with Crippen molar-refractivity contribution in [1.82, 2.24) is 4.57 Å². The van der Waals surface area contributed by atoms with Crippen molar-refractivity contribution in [3.05, 3.63) is 37.2 Å². The maximum absolute atomic E-state index is 11.5. The van der Waals surface area contributed by atoms with E-state index in [0.29, 0.717) is 11.1 Å². The first kappa shape index (κ1) is 11.9. The van der Waals surface area contributed by atoms with Crippen LogP contribution >= 0.6 is 15.9 Å². The maximum Gasteiger partial charge on any atom is 0.335 e. The first-order valence-corrected chi connectivity index (χ1v) is 4.89. The van der Waals surface area contributed by atoms with E-state index in [9.17, 15) is 14.9 Å². The molecule has 7 heteroatoms. The van der Waals surface area contributed by atoms with Crippen molar-refractivity contribution in [2.24, 2.45) is 0 Å². The Labute approximate surface area is 93.8 Å². The summed E-state index contributed by atoms with van der Waals surface area (Å²) in [6.07, 6.45) is 1.49. The summed E-state index contributed by atoms with van der Waals surface area (Å²) in [7, 11) is 1.50. The van der Waals surface area contributed by atoms with E-state index in [0.717, 1.165) is 0 Å². The van der Waals surface area contributed by atoms with Gasteiger partial charge in [-0.05, 0) is 15.9 Å². The minimum atomic E-state index is -0.698. The van der Waals surface area contributed by atoms with Crippen molar-refractivity contribution in [3.63, 3.8) is 0 Å². The van der Waals surface area contributed by atoms with Crippen LogP contribution in [0.3, 0.4) is 0 Å². The van der Waals surface area contributed by atoms with Crippen LogP contribution in [0.4, 0.5) is 5.69 Å². The largest absolute Gasteiger partial charge is 0.383 e. The molecule has 0 fully saturated rings. The number of hydrogen-bond acceptors (Lipinski definition) is 4. The van der Waals surface area contributed by atoms with E-state index in [4.69, 9.17) is 4.74 Å². The van der Waals surface area contributed by atoms with Gasteiger partial charge >= 0.3 is 11.2 Å². The van der Waals surface area contributed by atoms with Crippen LogP contribution in [0, 0.1) is 10.1 Å². The number of pyridine rings is 1. The molecule has 0 aromatic carbocycles. The van der Waals surface area contributed by atoms with Crippen LogP contribution in [-0.4, -0.2) is 23.2 Å². The molecule has 0 N–H and O–H groups in total. The van der Waals surface area contributed by atoms with E-state index in [1.807, 2.05) is 0 Å². The molecule has 82 valence electrons. The minimum Gasteiger partial charge on any atom is -0.383 e. The van der Waals surface area contributed by atoms with Crippen molar-refractivity contribution in [2.45, 2.75) is 6.54 Å². The van der Waals surface area contributed by atoms with Crippen LogP contribution in [0.5, 0.6) is 0 Å². The van der Waals surface area contributed by atoms with Crippen LogP contribution in [-0.2, 0) is 11.3 Å². The third-order valence-electron chi connectivity index (χ3n) is 1.77. The highest BCUT2D eigenvalue weighted by atomic mass is 79.9. The molecule has 0 saturated carbocycles. The zero-order chi connectivity index (χ0) is 11.4. The van der Waals surface area contributed by atoms with Gasteiger partial charge in [0, 0.05) is 30.4 Å². The molecule has 0 spiro atoms. The average molecular weight is 277 g/mol. The second kappa shape index (κ2) is 5.04. The number of rotatable bonds is 4. The third-order valence-corrected chi connectivity index (χ3v) is 2.20. The lowest BCUT2D eigenvalue weighted by Crippen LogP contribution is -2.23. The molecule has 1 aromatic rings. The third kappa shape index (κ3) is 2.87. The van der Waals surface area contributed by atoms with Gasteiger partial charge in [0.1, 0.15) is 0 Å². The van der Waals surface area contributed by atoms with Crippen LogP contribution in [0.15, 0.2) is 21.5 Å². The van der Waals surface area contributed by atoms with Gasteiger partial charge in [-0.15, -0.1) is 0 Å². The Kier molecular flexibility index (Phi) is 3.98. The van der Waals surface area contributed by atoms with Gasteiger partial charge in [0.15, 0.2) is 0 Å². The molecule has 15 heavy (non-hydrogen) atoms. The highest BCUT2D eigenvalue weighted by Gasteiger charge is 2.15. The zero-order valence-electron chi connectivity index (χ0n) is 7.97. The number of aromatic nitrogens is 1. The molecule has 0 aliphatic heterocycles. The predicted octanol–water partition coefficient (Wildman–Crippen LogP) is 1.17. The molecule has 1 rings (SSSR count). The lowest BCUT2D eigenvalue weighted by Gasteiger charge is -2.04. The van der Waals surface area contributed by atoms with Crippen molar-refractivity contribution in [3.8, 4) is 0 Å². The lowest BCUT2D eigenvalue weighted by molar-refractivity contribution is -0.386. The SMILES string of the molecule is COCCn1cc(Br)cc([N+](=O)[O-])c1=O. The molecule has 0 amide bonds. The highest BCUT2D eigenvalue weighted by Crippen LogP contribution is 2.13. The van der Waals surface area contributed by atoms with E-state index in [-0.39, 0.29) is 6.54 Å². The molecule has 0 aliphatic rings. The quantitative estimate of drug-likeness (QED) is 0.611. The van der Waals surface area contributed by atoms with Crippen LogP contribution in [0.1, 0.15) is 0 Å². The van der Waals surface area contributed by atoms with Crippen molar-refractivity contribution >= 4 is 21.6 Å². The number of hydrogen-bond donors (Lipinski definition) is 0. The fourth-order valence-corrected chi connectivity index (χ4v) is 1.53. The van der Waals surface area contributed by atoms with Gasteiger partial charge in [-0.1, -0.05) is 0 Å². The summed E-state index contributed by atoms with van der Waals surface area (Å²) in [5, 5.41) is 10.5. The molecule has 6 nitrogen and oxygen atoms in total. The Hall–Kier alpha value is -1.21. The lowest BCUT2D eigenvalue weighted by atomic mass is 10.4. The first-order chi connectivity index (χ1) is 7.06. The van der Waals surface area contributed by atoms with Crippen LogP contribution < -0.4 is 5.56 Å². The molecule has 0 bridgehead atoms. The van der Waals surface area contributed by atoms with Gasteiger partial charge in [-0.3, -0.25) is 14.9 Å². The molecule has 0 atom stereocenters. The Bertz CT molecular complexity index is 429. The van der Waals surface area contributed by atoms with Gasteiger partial charge < -0.3 is 9.30 Å². The number of ether oxygens (including phenoxy) is 1. The molecule has 1 aromatic heterocycles. The van der Waals surface area contributed by atoms with E-state index in [2.05, 4.69) is 15.9 Å². The Morgan fingerprint density at radius 1 is 1.67 bits per heavy atom. The summed E-state index contributed by atoms with van der Waals surface area (Å²) in [5.41, 5.74) is -1.07. The van der Waals surface area contributed by atoms with E-state index in [1.165, 1.54) is 23.9 Å². The van der Waals surface area contributed by atoms with Gasteiger partial charge in [-0.2, -0.15) is 0 Å². The minimum absolute atomic E-state index is 0.287. The number of nitro groups is 1. The van der Waals surface area contributed by atoms with E-state index >= 15 is 0 Å². The second-order valence-electron chi connectivity index (χ2n) is 2.79. The predicted molar refractivity (Wildman–Crippen MR) is 56.9 cm³/mol. The molecule has 0 unspecified atom stereocenters. The van der Waals surface area contributed by atoms with Crippen LogP contribution in [0.2, 0.25) is 0 Å². The summed E-state index contributed by atoms with van der Waals surface area (Å²) in [5.74, 6) is 0. The number of halogens is 1. The van der Waals surface area contributed by atoms with E-state index < -0.39 is 16.2 Å². The average Bonchev–Trinajstić information content (AvgIpc) is 2.18. The van der Waals surface area contributed by atoms with Gasteiger partial charge in [0.05, 0.1) is 11.5 Å². The van der Waals surface area contributed by atoms with Crippen molar-refractivity contribution < 1.29 is 9.66 Å². The van der Waals surface area contributed by atoms with Crippen molar-refractivity contribution in [1.29, 1.82) is 0 Å². The van der Waals surface area contributed by atoms with Crippen molar-refractivity contribution in [2.75, 3.05) is 13.7 Å². The number of nitrogens with zero attached hydrogens (tertiary/aromatic N) is 2. The summed E-state index contributed by atoms with van der Waals surface area (Å²) >= 11 is 3.10. The van der Waals surface area contributed by atoms with Gasteiger partial charge in [0.25, 0.3) is 0 Å². The Morgan fingerprint density at radius 3 is 2.87 bits per heavy atom. The standard InChI is InChI=1S/C8H9BrN2O4/c1-15-3-2-10-5-6(9)4-7(8(10)12)11(13)14/h4-5H,2-3H2,1H3. The normalized spacial score (nSPS) is 10.3. The molecule has 0 radical (unpaired) electrons. The summed E-state index contributed by atoms with van der Waals surface area (Å²) < 4.78 is 6.53. The fourth-order valence-electron chi connectivity index (χ4n) is 1.07. The van der Waals surface area contributed by atoms with Gasteiger partial charge in [0.2, 0.25) is 0 Å². The second-order valence-corrected chi connectivity index (χ2v) is 3.71. The fraction of sp³-hybridized carbons (Fsp3) is 0.375. The van der Waals surface area contributed by atoms with E-state index in [1.54, 1.807) is 0 Å². The molecule has 1 heterocycles. The molecular formula is C8H9BrN2O4. The molecule has 0 saturated heterocycles. The summed E-state index contributed by atoms with van der Waals surface area (Å²) in [6.45, 7) is 0.614. The smallest absolute Gasteiger partial charge is 0.335 e. The monoisotopic (exact) mass is 276 g/mol. The topological polar surface area (TPSA) is 74.4 Å². The van der Waals surface area contributed by atoms with Crippen LogP contribution in [0.25, 0.3) is 0 Å². The van der Waals surface area contributed by atoms with Gasteiger partial charge in [-0.25, -0.2) is 0 Å². The summed E-state index contributed by atoms with van der Waals surface area (Å²) in [6, 6.07) is 1.19. The first-order valence-electron chi connectivity index (χ1n) is 4.09. The summed E-state index contributed by atoms with van der Waals surface area (Å²) in [4.78, 5) is 21.4. The number of methoxy groups -OCH3 is 1.